The van der Waals surface area contributed by atoms with E-state index < -0.39 is 41.6 Å². The van der Waals surface area contributed by atoms with Gasteiger partial charge in [0.15, 0.2) is 0 Å². The van der Waals surface area contributed by atoms with Crippen molar-refractivity contribution in [2.24, 2.45) is 11.8 Å². The average Bonchev–Trinajstić information content (AvgIpc) is 3.08. The molecule has 10 heteroatoms. The zero-order chi connectivity index (χ0) is 36.9. The lowest BCUT2D eigenvalue weighted by Gasteiger charge is -2.40. The molecular formula is C41H51NO9. The SMILES string of the molecule is CC(C)CCC=C1C[C@H](c2cc(CO)cc(NC[C@H](C)O)c2)C#C[C@H]2CC(=O)Oc3cc(O)c(cc32)C[C@H]([C@@](C)(O)C2CCC(=O)CC2)OC1=O. The lowest BCUT2D eigenvalue weighted by molar-refractivity contribution is -0.169. The summed E-state index contributed by atoms with van der Waals surface area (Å²) >= 11 is 0. The number of nitrogens with one attached hydrogen (secondary N) is 1. The van der Waals surface area contributed by atoms with Crippen LogP contribution in [0.1, 0.15) is 113 Å². The van der Waals surface area contributed by atoms with E-state index >= 15 is 0 Å². The second kappa shape index (κ2) is 16.4. The summed E-state index contributed by atoms with van der Waals surface area (Å²) in [6.07, 6.45) is 3.28. The molecule has 5 atom stereocenters. The number of ether oxygens (including phenoxy) is 2. The molecule has 2 bridgehead atoms. The maximum absolute atomic E-state index is 14.4. The molecule has 2 aliphatic heterocycles. The number of allylic oxidation sites excluding steroid dienone is 1. The number of rotatable bonds is 10. The number of aliphatic hydroxyl groups is 3. The minimum absolute atomic E-state index is 0.0153. The van der Waals surface area contributed by atoms with Crippen LogP contribution in [0.3, 0.4) is 0 Å². The summed E-state index contributed by atoms with van der Waals surface area (Å²) in [4.78, 5) is 39.2. The fourth-order valence-electron chi connectivity index (χ4n) is 7.18. The molecule has 0 aromatic heterocycles. The summed E-state index contributed by atoms with van der Waals surface area (Å²) in [5, 5.41) is 46.6. The number of hydrogen-bond donors (Lipinski definition) is 5. The lowest BCUT2D eigenvalue weighted by Crippen LogP contribution is -2.50. The molecule has 2 aromatic carbocycles. The third kappa shape index (κ3) is 9.59. The summed E-state index contributed by atoms with van der Waals surface area (Å²) < 4.78 is 11.8. The molecule has 0 spiro atoms. The highest BCUT2D eigenvalue weighted by molar-refractivity contribution is 5.89. The van der Waals surface area contributed by atoms with Crippen molar-refractivity contribution < 1.29 is 44.3 Å². The van der Waals surface area contributed by atoms with Gasteiger partial charge in [-0.25, -0.2) is 4.79 Å². The topological polar surface area (TPSA) is 163 Å². The van der Waals surface area contributed by atoms with E-state index in [1.165, 1.54) is 6.07 Å². The first kappa shape index (κ1) is 38.1. The molecule has 0 saturated heterocycles. The van der Waals surface area contributed by atoms with E-state index in [0.717, 1.165) is 12.0 Å². The monoisotopic (exact) mass is 701 g/mol. The molecule has 10 nitrogen and oxygen atoms in total. The summed E-state index contributed by atoms with van der Waals surface area (Å²) in [6.45, 7) is 7.55. The Morgan fingerprint density at radius 3 is 2.41 bits per heavy atom. The first-order chi connectivity index (χ1) is 24.2. The zero-order valence-corrected chi connectivity index (χ0v) is 30.0. The Morgan fingerprint density at radius 2 is 1.73 bits per heavy atom. The second-order valence-corrected chi connectivity index (χ2v) is 15.0. The highest BCUT2D eigenvalue weighted by Gasteiger charge is 2.44. The molecule has 2 aromatic rings. The van der Waals surface area contributed by atoms with E-state index in [2.05, 4.69) is 31.0 Å². The molecule has 0 unspecified atom stereocenters. The quantitative estimate of drug-likeness (QED) is 0.0914. The lowest BCUT2D eigenvalue weighted by atomic mass is 9.73. The Bertz CT molecular complexity index is 1700. The van der Waals surface area contributed by atoms with Crippen molar-refractivity contribution in [2.45, 2.75) is 122 Å². The number of Topliss-reactive ketones (excluding diaryl/α,β-unsaturated/α-hetero) is 1. The Morgan fingerprint density at radius 1 is 1.00 bits per heavy atom. The van der Waals surface area contributed by atoms with Crippen LogP contribution in [0.4, 0.5) is 5.69 Å². The van der Waals surface area contributed by atoms with Gasteiger partial charge in [-0.2, -0.15) is 0 Å². The smallest absolute Gasteiger partial charge is 0.334 e. The number of fused-ring (bicyclic) bond motifs is 1. The van der Waals surface area contributed by atoms with E-state index in [1.807, 2.05) is 18.2 Å². The maximum atomic E-state index is 14.4. The average molecular weight is 702 g/mol. The standard InChI is InChI=1S/C41H51NO9/c1-24(2)6-5-7-29-16-27(30-14-26(23-43)15-33(17-30)42-22-25(3)44)8-9-28-20-39(47)50-37-21-36(46)31(18-35(28)37)19-38(51-40(29)48)41(4,49)32-10-12-34(45)13-11-32/h7,14-15,17-18,21,24-25,27-28,32,38,42-44,46,49H,5-6,10-13,16,19-20,22-23H2,1-4H3/t25-,27+,28-,38+,41-/m0/s1. The van der Waals surface area contributed by atoms with Crippen LogP contribution in [0, 0.1) is 23.7 Å². The molecule has 0 amide bonds. The number of anilines is 1. The van der Waals surface area contributed by atoms with Crippen LogP contribution in [0.25, 0.3) is 0 Å². The van der Waals surface area contributed by atoms with Gasteiger partial charge in [0, 0.05) is 54.6 Å². The molecule has 1 fully saturated rings. The summed E-state index contributed by atoms with van der Waals surface area (Å²) in [5.74, 6) is 4.65. The van der Waals surface area contributed by atoms with Crippen molar-refractivity contribution in [3.05, 3.63) is 64.2 Å². The van der Waals surface area contributed by atoms with Gasteiger partial charge in [-0.05, 0) is 92.7 Å². The number of phenolic OH excluding ortho intramolecular Hbond substituents is 1. The maximum Gasteiger partial charge on any atom is 0.334 e. The number of esters is 2. The Balaban J connectivity index is 1.66. The highest BCUT2D eigenvalue weighted by Crippen LogP contribution is 2.42. The van der Waals surface area contributed by atoms with Crippen molar-refractivity contribution in [3.63, 3.8) is 0 Å². The molecule has 0 radical (unpaired) electrons. The van der Waals surface area contributed by atoms with E-state index in [-0.39, 0.29) is 55.6 Å². The van der Waals surface area contributed by atoms with Crippen molar-refractivity contribution in [1.82, 2.24) is 0 Å². The van der Waals surface area contributed by atoms with Gasteiger partial charge in [-0.3, -0.25) is 9.59 Å². The van der Waals surface area contributed by atoms with Crippen molar-refractivity contribution in [1.29, 1.82) is 0 Å². The number of cyclic esters (lactones) is 1. The third-order valence-corrected chi connectivity index (χ3v) is 10.3. The van der Waals surface area contributed by atoms with Gasteiger partial charge in [0.1, 0.15) is 29.0 Å². The third-order valence-electron chi connectivity index (χ3n) is 10.3. The predicted molar refractivity (Wildman–Crippen MR) is 192 cm³/mol. The molecule has 1 aliphatic carbocycles. The van der Waals surface area contributed by atoms with E-state index in [9.17, 15) is 34.8 Å². The summed E-state index contributed by atoms with van der Waals surface area (Å²) in [6, 6.07) is 8.60. The summed E-state index contributed by atoms with van der Waals surface area (Å²) in [5.41, 5.74) is 1.87. The molecule has 1 saturated carbocycles. The van der Waals surface area contributed by atoms with Gasteiger partial charge in [0.2, 0.25) is 0 Å². The number of benzene rings is 2. The summed E-state index contributed by atoms with van der Waals surface area (Å²) in [7, 11) is 0. The van der Waals surface area contributed by atoms with Crippen molar-refractivity contribution in [2.75, 3.05) is 11.9 Å². The van der Waals surface area contributed by atoms with Crippen LogP contribution in [0.2, 0.25) is 0 Å². The van der Waals surface area contributed by atoms with Gasteiger partial charge in [0.25, 0.3) is 0 Å². The van der Waals surface area contributed by atoms with E-state index in [1.54, 1.807) is 26.0 Å². The Hall–Kier alpha value is -4.17. The van der Waals surface area contributed by atoms with Crippen LogP contribution in [-0.4, -0.2) is 62.5 Å². The zero-order valence-electron chi connectivity index (χ0n) is 30.0. The van der Waals surface area contributed by atoms with Crippen LogP contribution in [0.5, 0.6) is 11.5 Å². The van der Waals surface area contributed by atoms with Gasteiger partial charge >= 0.3 is 11.9 Å². The molecule has 5 rings (SSSR count). The number of carbonyl (C=O) groups is 3. The molecule has 5 N–H and O–H groups in total. The normalized spacial score (nSPS) is 23.9. The first-order valence-corrected chi connectivity index (χ1v) is 18.1. The van der Waals surface area contributed by atoms with Gasteiger partial charge < -0.3 is 35.2 Å². The predicted octanol–water partition coefficient (Wildman–Crippen LogP) is 5.59. The van der Waals surface area contributed by atoms with Gasteiger partial charge in [0.05, 0.1) is 25.0 Å². The number of carbonyl (C=O) groups excluding carboxylic acids is 3. The molecule has 274 valence electrons. The van der Waals surface area contributed by atoms with E-state index in [0.29, 0.717) is 66.0 Å². The van der Waals surface area contributed by atoms with Crippen molar-refractivity contribution >= 4 is 23.4 Å². The molecular weight excluding hydrogens is 650 g/mol. The van der Waals surface area contributed by atoms with E-state index in [4.69, 9.17) is 9.47 Å². The fraction of sp³-hybridized carbons (Fsp3) is 0.537. The molecule has 3 aliphatic rings. The fourth-order valence-corrected chi connectivity index (χ4v) is 7.18. The van der Waals surface area contributed by atoms with Crippen LogP contribution >= 0.6 is 0 Å². The van der Waals surface area contributed by atoms with Crippen molar-refractivity contribution in [3.8, 4) is 23.3 Å². The van der Waals surface area contributed by atoms with Crippen LogP contribution < -0.4 is 10.1 Å². The first-order valence-electron chi connectivity index (χ1n) is 18.1. The highest BCUT2D eigenvalue weighted by atomic mass is 16.6. The van der Waals surface area contributed by atoms with Crippen LogP contribution in [0.15, 0.2) is 42.0 Å². The Kier molecular flexibility index (Phi) is 12.3. The molecule has 2 heterocycles. The largest absolute Gasteiger partial charge is 0.508 e. The number of hydrogen-bond acceptors (Lipinski definition) is 10. The number of aromatic hydroxyl groups is 1. The number of aliphatic hydroxyl groups excluding tert-OH is 2. The minimum atomic E-state index is -1.54. The van der Waals surface area contributed by atoms with Gasteiger partial charge in [-0.1, -0.05) is 37.8 Å². The second-order valence-electron chi connectivity index (χ2n) is 15.0. The minimum Gasteiger partial charge on any atom is -0.508 e. The Labute approximate surface area is 300 Å². The van der Waals surface area contributed by atoms with Crippen LogP contribution in [-0.2, 0) is 32.1 Å². The van der Waals surface area contributed by atoms with Gasteiger partial charge in [-0.15, -0.1) is 0 Å². The number of ketones is 1. The number of phenols is 1. The molecule has 51 heavy (non-hydrogen) atoms.